The smallest absolute Gasteiger partial charge is 0.231 e. The summed E-state index contributed by atoms with van der Waals surface area (Å²) in [5.74, 6) is 2.21. The highest BCUT2D eigenvalue weighted by molar-refractivity contribution is 5.85. The quantitative estimate of drug-likeness (QED) is 0.861. The fourth-order valence-corrected chi connectivity index (χ4v) is 2.67. The van der Waals surface area contributed by atoms with Gasteiger partial charge in [-0.2, -0.15) is 0 Å². The lowest BCUT2D eigenvalue weighted by Crippen LogP contribution is -2.33. The lowest BCUT2D eigenvalue weighted by molar-refractivity contribution is 0.172. The average molecular weight is 271 g/mol. The number of nitrogens with two attached hydrogens (primary N) is 1. The van der Waals surface area contributed by atoms with E-state index in [0.29, 0.717) is 12.7 Å². The van der Waals surface area contributed by atoms with Gasteiger partial charge in [0.05, 0.1) is 0 Å². The molecule has 0 amide bonds. The van der Waals surface area contributed by atoms with Gasteiger partial charge in [-0.3, -0.25) is 0 Å². The van der Waals surface area contributed by atoms with E-state index < -0.39 is 0 Å². The zero-order chi connectivity index (χ0) is 11.7. The highest BCUT2D eigenvalue weighted by atomic mass is 35.5. The molecule has 18 heavy (non-hydrogen) atoms. The van der Waals surface area contributed by atoms with E-state index in [0.717, 1.165) is 43.0 Å². The molecule has 0 spiro atoms. The Balaban J connectivity index is 0.00000120. The molecule has 1 atom stereocenters. The summed E-state index contributed by atoms with van der Waals surface area (Å²) in [4.78, 5) is 0. The molecule has 1 saturated heterocycles. The van der Waals surface area contributed by atoms with E-state index >= 15 is 0 Å². The number of hydrogen-bond donors (Lipinski definition) is 2. The minimum Gasteiger partial charge on any atom is -0.454 e. The number of hydrogen-bond acceptors (Lipinski definition) is 4. The molecule has 0 unspecified atom stereocenters. The van der Waals surface area contributed by atoms with E-state index in [4.69, 9.17) is 15.2 Å². The molecular weight excluding hydrogens is 252 g/mol. The SMILES string of the molecule is Cl.N[C@@H](c1cccc2c1OCO2)C1CCNCC1. The first-order valence-electron chi connectivity index (χ1n) is 6.21. The van der Waals surface area contributed by atoms with Gasteiger partial charge in [0.2, 0.25) is 6.79 Å². The Bertz CT molecular complexity index is 408. The molecule has 3 rings (SSSR count). The first-order chi connectivity index (χ1) is 8.36. The zero-order valence-corrected chi connectivity index (χ0v) is 11.0. The highest BCUT2D eigenvalue weighted by Crippen LogP contribution is 2.40. The van der Waals surface area contributed by atoms with Gasteiger partial charge in [0.25, 0.3) is 0 Å². The molecule has 5 heteroatoms. The maximum atomic E-state index is 6.38. The van der Waals surface area contributed by atoms with Crippen LogP contribution in [-0.4, -0.2) is 19.9 Å². The molecule has 1 aromatic carbocycles. The summed E-state index contributed by atoms with van der Waals surface area (Å²) in [5.41, 5.74) is 7.47. The van der Waals surface area contributed by atoms with Gasteiger partial charge in [0, 0.05) is 11.6 Å². The van der Waals surface area contributed by atoms with Crippen LogP contribution in [0.5, 0.6) is 11.5 Å². The van der Waals surface area contributed by atoms with E-state index in [1.807, 2.05) is 12.1 Å². The largest absolute Gasteiger partial charge is 0.454 e. The lowest BCUT2D eigenvalue weighted by atomic mass is 9.86. The van der Waals surface area contributed by atoms with Crippen molar-refractivity contribution in [3.63, 3.8) is 0 Å². The van der Waals surface area contributed by atoms with Crippen molar-refractivity contribution < 1.29 is 9.47 Å². The van der Waals surface area contributed by atoms with Crippen molar-refractivity contribution in [2.24, 2.45) is 11.7 Å². The Hall–Kier alpha value is -0.970. The van der Waals surface area contributed by atoms with Crippen molar-refractivity contribution in [3.8, 4) is 11.5 Å². The fraction of sp³-hybridized carbons (Fsp3) is 0.538. The Labute approximate surface area is 113 Å². The second-order valence-corrected chi connectivity index (χ2v) is 4.69. The standard InChI is InChI=1S/C13H18N2O2.ClH/c14-12(9-4-6-15-7-5-9)10-2-1-3-11-13(10)17-8-16-11;/h1-3,9,12,15H,4-8,14H2;1H/t12-;/m1./s1. The first kappa shape index (κ1) is 13.5. The Morgan fingerprint density at radius 1 is 1.22 bits per heavy atom. The van der Waals surface area contributed by atoms with Gasteiger partial charge >= 0.3 is 0 Å². The zero-order valence-electron chi connectivity index (χ0n) is 10.2. The number of benzene rings is 1. The van der Waals surface area contributed by atoms with Gasteiger partial charge in [0.1, 0.15) is 0 Å². The maximum Gasteiger partial charge on any atom is 0.231 e. The molecule has 1 aromatic rings. The van der Waals surface area contributed by atoms with Crippen LogP contribution in [0.15, 0.2) is 18.2 Å². The van der Waals surface area contributed by atoms with Crippen molar-refractivity contribution in [1.29, 1.82) is 0 Å². The van der Waals surface area contributed by atoms with Crippen molar-refractivity contribution >= 4 is 12.4 Å². The molecule has 1 fully saturated rings. The number of nitrogens with one attached hydrogen (secondary N) is 1. The second kappa shape index (κ2) is 5.78. The monoisotopic (exact) mass is 270 g/mol. The third-order valence-electron chi connectivity index (χ3n) is 3.68. The van der Waals surface area contributed by atoms with Gasteiger partial charge in [-0.05, 0) is 37.9 Å². The van der Waals surface area contributed by atoms with E-state index in [2.05, 4.69) is 11.4 Å². The number of fused-ring (bicyclic) bond motifs is 1. The third kappa shape index (κ3) is 2.41. The van der Waals surface area contributed by atoms with Crippen LogP contribution >= 0.6 is 12.4 Å². The summed E-state index contributed by atoms with van der Waals surface area (Å²) < 4.78 is 10.9. The summed E-state index contributed by atoms with van der Waals surface area (Å²) in [6, 6.07) is 6.03. The number of ether oxygens (including phenoxy) is 2. The molecule has 100 valence electrons. The van der Waals surface area contributed by atoms with Gasteiger partial charge in [-0.1, -0.05) is 12.1 Å². The lowest BCUT2D eigenvalue weighted by Gasteiger charge is -2.28. The molecule has 4 nitrogen and oxygen atoms in total. The van der Waals surface area contributed by atoms with E-state index in [1.165, 1.54) is 0 Å². The normalized spacial score (nSPS) is 20.3. The summed E-state index contributed by atoms with van der Waals surface area (Å²) in [6.07, 6.45) is 2.26. The van der Waals surface area contributed by atoms with Gasteiger partial charge in [-0.25, -0.2) is 0 Å². The van der Waals surface area contributed by atoms with Crippen molar-refractivity contribution in [1.82, 2.24) is 5.32 Å². The predicted molar refractivity (Wildman–Crippen MR) is 72.3 cm³/mol. The number of piperidine rings is 1. The van der Waals surface area contributed by atoms with Crippen LogP contribution in [0.25, 0.3) is 0 Å². The topological polar surface area (TPSA) is 56.5 Å². The molecule has 0 aromatic heterocycles. The summed E-state index contributed by atoms with van der Waals surface area (Å²) in [7, 11) is 0. The van der Waals surface area contributed by atoms with Crippen LogP contribution in [0.3, 0.4) is 0 Å². The molecule has 0 aliphatic carbocycles. The average Bonchev–Trinajstić information content (AvgIpc) is 2.87. The van der Waals surface area contributed by atoms with Gasteiger partial charge < -0.3 is 20.5 Å². The van der Waals surface area contributed by atoms with Crippen LogP contribution < -0.4 is 20.5 Å². The van der Waals surface area contributed by atoms with Gasteiger partial charge in [-0.15, -0.1) is 12.4 Å². The minimum absolute atomic E-state index is 0. The van der Waals surface area contributed by atoms with Crippen molar-refractivity contribution in [3.05, 3.63) is 23.8 Å². The van der Waals surface area contributed by atoms with Crippen LogP contribution in [0, 0.1) is 5.92 Å². The second-order valence-electron chi connectivity index (χ2n) is 4.69. The molecule has 0 saturated carbocycles. The molecule has 0 radical (unpaired) electrons. The minimum atomic E-state index is 0. The van der Waals surface area contributed by atoms with Crippen LogP contribution in [0.2, 0.25) is 0 Å². The fourth-order valence-electron chi connectivity index (χ4n) is 2.67. The Morgan fingerprint density at radius 3 is 2.78 bits per heavy atom. The molecule has 3 N–H and O–H groups in total. The summed E-state index contributed by atoms with van der Waals surface area (Å²) in [5, 5.41) is 3.36. The molecule has 2 aliphatic rings. The number of para-hydroxylation sites is 1. The molecule has 2 aliphatic heterocycles. The third-order valence-corrected chi connectivity index (χ3v) is 3.68. The van der Waals surface area contributed by atoms with Crippen molar-refractivity contribution in [2.75, 3.05) is 19.9 Å². The van der Waals surface area contributed by atoms with Crippen LogP contribution in [-0.2, 0) is 0 Å². The van der Waals surface area contributed by atoms with Gasteiger partial charge in [0.15, 0.2) is 11.5 Å². The van der Waals surface area contributed by atoms with Crippen molar-refractivity contribution in [2.45, 2.75) is 18.9 Å². The Morgan fingerprint density at radius 2 is 2.00 bits per heavy atom. The highest BCUT2D eigenvalue weighted by Gasteiger charge is 2.27. The predicted octanol–water partition coefficient (Wildman–Crippen LogP) is 1.84. The molecular formula is C13H19ClN2O2. The number of halogens is 1. The molecule has 0 bridgehead atoms. The maximum absolute atomic E-state index is 6.38. The first-order valence-corrected chi connectivity index (χ1v) is 6.21. The summed E-state index contributed by atoms with van der Waals surface area (Å²) in [6.45, 7) is 2.43. The van der Waals surface area contributed by atoms with E-state index in [1.54, 1.807) is 0 Å². The molecule has 2 heterocycles. The van der Waals surface area contributed by atoms with E-state index in [-0.39, 0.29) is 18.4 Å². The van der Waals surface area contributed by atoms with E-state index in [9.17, 15) is 0 Å². The Kier molecular flexibility index (Phi) is 4.32. The van der Waals surface area contributed by atoms with Crippen LogP contribution in [0.4, 0.5) is 0 Å². The van der Waals surface area contributed by atoms with Crippen LogP contribution in [0.1, 0.15) is 24.4 Å². The number of rotatable bonds is 2. The summed E-state index contributed by atoms with van der Waals surface area (Å²) >= 11 is 0.